The molecule has 3 heteroatoms. The van der Waals surface area contributed by atoms with Crippen molar-refractivity contribution in [3.8, 4) is 0 Å². The fraction of sp³-hybridized carbons (Fsp3) is 0.818. The van der Waals surface area contributed by atoms with Gasteiger partial charge in [-0.3, -0.25) is 4.21 Å². The molecule has 1 heterocycles. The highest BCUT2D eigenvalue weighted by molar-refractivity contribution is 7.85. The summed E-state index contributed by atoms with van der Waals surface area (Å²) in [7, 11) is -0.537. The Morgan fingerprint density at radius 1 is 1.57 bits per heavy atom. The maximum absolute atomic E-state index is 11.1. The maximum atomic E-state index is 11.1. The molecule has 2 nitrogen and oxygen atoms in total. The van der Waals surface area contributed by atoms with Gasteiger partial charge < -0.3 is 5.32 Å². The van der Waals surface area contributed by atoms with Crippen molar-refractivity contribution in [1.82, 2.24) is 5.32 Å². The molecule has 0 spiro atoms. The minimum absolute atomic E-state index is 0.537. The topological polar surface area (TPSA) is 29.1 Å². The van der Waals surface area contributed by atoms with Crippen LogP contribution < -0.4 is 5.32 Å². The van der Waals surface area contributed by atoms with Gasteiger partial charge >= 0.3 is 0 Å². The molecule has 0 aliphatic carbocycles. The first kappa shape index (κ1) is 11.9. The van der Waals surface area contributed by atoms with E-state index in [4.69, 9.17) is 0 Å². The molecule has 0 aromatic heterocycles. The normalized spacial score (nSPS) is 29.8. The van der Waals surface area contributed by atoms with Crippen molar-refractivity contribution in [3.05, 3.63) is 12.7 Å². The molecule has 1 aliphatic rings. The summed E-state index contributed by atoms with van der Waals surface area (Å²) in [5.41, 5.74) is 0. The molecule has 0 amide bonds. The van der Waals surface area contributed by atoms with Crippen LogP contribution in [0.3, 0.4) is 0 Å². The second-order valence-electron chi connectivity index (χ2n) is 4.06. The summed E-state index contributed by atoms with van der Waals surface area (Å²) in [5.74, 6) is 1.76. The SMILES string of the molecule is C=CCCC(C)NC1CCS(=O)CC1. The molecule has 1 atom stereocenters. The first-order valence-corrected chi connectivity index (χ1v) is 6.93. The molecule has 0 bridgehead atoms. The summed E-state index contributed by atoms with van der Waals surface area (Å²) >= 11 is 0. The number of hydrogen-bond acceptors (Lipinski definition) is 2. The number of rotatable bonds is 5. The van der Waals surface area contributed by atoms with Gasteiger partial charge in [-0.15, -0.1) is 6.58 Å². The zero-order valence-corrected chi connectivity index (χ0v) is 9.81. The van der Waals surface area contributed by atoms with E-state index in [1.807, 2.05) is 6.08 Å². The van der Waals surface area contributed by atoms with Crippen molar-refractivity contribution in [3.63, 3.8) is 0 Å². The molecule has 1 unspecified atom stereocenters. The molecule has 1 saturated heterocycles. The third-order valence-corrected chi connectivity index (χ3v) is 4.09. The summed E-state index contributed by atoms with van der Waals surface area (Å²) in [6.45, 7) is 5.94. The lowest BCUT2D eigenvalue weighted by Gasteiger charge is -2.26. The molecule has 0 aromatic carbocycles. The average Bonchev–Trinajstić information content (AvgIpc) is 2.18. The van der Waals surface area contributed by atoms with Gasteiger partial charge in [-0.1, -0.05) is 6.08 Å². The fourth-order valence-electron chi connectivity index (χ4n) is 1.81. The van der Waals surface area contributed by atoms with Crippen LogP contribution in [0.1, 0.15) is 32.6 Å². The van der Waals surface area contributed by atoms with E-state index in [2.05, 4.69) is 18.8 Å². The van der Waals surface area contributed by atoms with Crippen molar-refractivity contribution in [2.75, 3.05) is 11.5 Å². The van der Waals surface area contributed by atoms with Crippen molar-refractivity contribution >= 4 is 10.8 Å². The quantitative estimate of drug-likeness (QED) is 0.709. The van der Waals surface area contributed by atoms with E-state index in [0.717, 1.165) is 37.2 Å². The summed E-state index contributed by atoms with van der Waals surface area (Å²) in [6.07, 6.45) is 6.35. The van der Waals surface area contributed by atoms with Crippen LogP contribution >= 0.6 is 0 Å². The molecule has 0 saturated carbocycles. The van der Waals surface area contributed by atoms with Gasteiger partial charge in [0.05, 0.1) is 0 Å². The monoisotopic (exact) mass is 215 g/mol. The molecule has 14 heavy (non-hydrogen) atoms. The number of allylic oxidation sites excluding steroid dienone is 1. The predicted octanol–water partition coefficient (Wildman–Crippen LogP) is 1.84. The Balaban J connectivity index is 2.16. The Bertz CT molecular complexity index is 195. The minimum atomic E-state index is -0.537. The van der Waals surface area contributed by atoms with Gasteiger partial charge in [-0.25, -0.2) is 0 Å². The van der Waals surface area contributed by atoms with Crippen molar-refractivity contribution in [2.45, 2.75) is 44.7 Å². The lowest BCUT2D eigenvalue weighted by atomic mass is 10.1. The second-order valence-corrected chi connectivity index (χ2v) is 5.75. The molecule has 1 aliphatic heterocycles. The first-order valence-electron chi connectivity index (χ1n) is 5.44. The van der Waals surface area contributed by atoms with Crippen LogP contribution in [0, 0.1) is 0 Å². The van der Waals surface area contributed by atoms with Crippen molar-refractivity contribution in [2.24, 2.45) is 0 Å². The molecule has 1 rings (SSSR count). The second kappa shape index (κ2) is 6.36. The number of nitrogens with one attached hydrogen (secondary N) is 1. The fourth-order valence-corrected chi connectivity index (χ4v) is 3.11. The van der Waals surface area contributed by atoms with Crippen molar-refractivity contribution < 1.29 is 4.21 Å². The van der Waals surface area contributed by atoms with Crippen LogP contribution in [-0.2, 0) is 10.8 Å². The standard InChI is InChI=1S/C11H21NOS/c1-3-4-5-10(2)12-11-6-8-14(13)9-7-11/h3,10-12H,1,4-9H2,2H3. The van der Waals surface area contributed by atoms with Gasteiger partial charge in [0, 0.05) is 34.4 Å². The lowest BCUT2D eigenvalue weighted by molar-refractivity contribution is 0.406. The average molecular weight is 215 g/mol. The molecule has 82 valence electrons. The molecule has 1 N–H and O–H groups in total. The Hall–Kier alpha value is -0.150. The zero-order valence-electron chi connectivity index (χ0n) is 9.00. The maximum Gasteiger partial charge on any atom is 0.0249 e. The van der Waals surface area contributed by atoms with Crippen LogP contribution in [0.15, 0.2) is 12.7 Å². The smallest absolute Gasteiger partial charge is 0.0249 e. The van der Waals surface area contributed by atoms with E-state index >= 15 is 0 Å². The molecular weight excluding hydrogens is 194 g/mol. The van der Waals surface area contributed by atoms with Gasteiger partial charge in [0.1, 0.15) is 0 Å². The van der Waals surface area contributed by atoms with Crippen LogP contribution in [0.5, 0.6) is 0 Å². The van der Waals surface area contributed by atoms with Crippen LogP contribution in [0.25, 0.3) is 0 Å². The summed E-state index contributed by atoms with van der Waals surface area (Å²) < 4.78 is 11.1. The van der Waals surface area contributed by atoms with Crippen molar-refractivity contribution in [1.29, 1.82) is 0 Å². The molecule has 0 aromatic rings. The van der Waals surface area contributed by atoms with E-state index in [1.54, 1.807) is 0 Å². The predicted molar refractivity (Wildman–Crippen MR) is 62.9 cm³/mol. The lowest BCUT2D eigenvalue weighted by Crippen LogP contribution is -2.40. The summed E-state index contributed by atoms with van der Waals surface area (Å²) in [6, 6.07) is 1.15. The van der Waals surface area contributed by atoms with Gasteiger partial charge in [-0.05, 0) is 32.6 Å². The summed E-state index contributed by atoms with van der Waals surface area (Å²) in [5, 5.41) is 3.59. The highest BCUT2D eigenvalue weighted by Gasteiger charge is 2.18. The first-order chi connectivity index (χ1) is 6.72. The Kier molecular flexibility index (Phi) is 5.41. The van der Waals surface area contributed by atoms with E-state index in [0.29, 0.717) is 12.1 Å². The highest BCUT2D eigenvalue weighted by atomic mass is 32.2. The van der Waals surface area contributed by atoms with E-state index in [9.17, 15) is 4.21 Å². The van der Waals surface area contributed by atoms with Gasteiger partial charge in [0.25, 0.3) is 0 Å². The number of hydrogen-bond donors (Lipinski definition) is 1. The third kappa shape index (κ3) is 4.38. The van der Waals surface area contributed by atoms with Gasteiger partial charge in [0.2, 0.25) is 0 Å². The van der Waals surface area contributed by atoms with E-state index in [-0.39, 0.29) is 0 Å². The van der Waals surface area contributed by atoms with E-state index < -0.39 is 10.8 Å². The Morgan fingerprint density at radius 3 is 2.79 bits per heavy atom. The Labute approximate surface area is 89.6 Å². The highest BCUT2D eigenvalue weighted by Crippen LogP contribution is 2.11. The van der Waals surface area contributed by atoms with Crippen LogP contribution in [0.4, 0.5) is 0 Å². The minimum Gasteiger partial charge on any atom is -0.311 e. The summed E-state index contributed by atoms with van der Waals surface area (Å²) in [4.78, 5) is 0. The van der Waals surface area contributed by atoms with Crippen LogP contribution in [-0.4, -0.2) is 27.8 Å². The Morgan fingerprint density at radius 2 is 2.21 bits per heavy atom. The third-order valence-electron chi connectivity index (χ3n) is 2.71. The molecular formula is C11H21NOS. The zero-order chi connectivity index (χ0) is 10.4. The molecule has 1 fully saturated rings. The molecule has 0 radical (unpaired) electrons. The van der Waals surface area contributed by atoms with Gasteiger partial charge in [0.15, 0.2) is 0 Å². The van der Waals surface area contributed by atoms with Gasteiger partial charge in [-0.2, -0.15) is 0 Å². The van der Waals surface area contributed by atoms with Crippen LogP contribution in [0.2, 0.25) is 0 Å². The van der Waals surface area contributed by atoms with E-state index in [1.165, 1.54) is 0 Å². The largest absolute Gasteiger partial charge is 0.311 e.